The summed E-state index contributed by atoms with van der Waals surface area (Å²) < 4.78 is 31.3. The minimum atomic E-state index is -3.35. The van der Waals surface area contributed by atoms with Crippen LogP contribution in [0.4, 0.5) is 28.8 Å². The molecule has 0 atom stereocenters. The van der Waals surface area contributed by atoms with Gasteiger partial charge in [0.05, 0.1) is 11.9 Å². The quantitative estimate of drug-likeness (QED) is 0.396. The number of rotatable bonds is 10. The molecular formula is C24H30N6O3S. The Bertz CT molecular complexity index is 1210. The van der Waals surface area contributed by atoms with E-state index in [2.05, 4.69) is 30.2 Å². The summed E-state index contributed by atoms with van der Waals surface area (Å²) in [6.07, 6.45) is 5.41. The van der Waals surface area contributed by atoms with Gasteiger partial charge in [-0.3, -0.25) is 9.62 Å². The molecule has 3 N–H and O–H groups in total. The minimum absolute atomic E-state index is 0.446. The van der Waals surface area contributed by atoms with Gasteiger partial charge in [0, 0.05) is 29.7 Å². The average Bonchev–Trinajstić information content (AvgIpc) is 3.30. The van der Waals surface area contributed by atoms with E-state index in [0.717, 1.165) is 29.8 Å². The van der Waals surface area contributed by atoms with E-state index in [9.17, 15) is 8.42 Å². The molecule has 0 saturated carbocycles. The van der Waals surface area contributed by atoms with Gasteiger partial charge in [0.1, 0.15) is 18.2 Å². The Labute approximate surface area is 200 Å². The summed E-state index contributed by atoms with van der Waals surface area (Å²) in [5, 5.41) is 6.44. The number of hydrogen-bond donors (Lipinski definition) is 3. The van der Waals surface area contributed by atoms with Crippen molar-refractivity contribution in [3.05, 3.63) is 60.3 Å². The molecule has 0 aliphatic carbocycles. The predicted octanol–water partition coefficient (Wildman–Crippen LogP) is 4.12. The summed E-state index contributed by atoms with van der Waals surface area (Å²) in [6.45, 7) is 5.88. The second-order valence-electron chi connectivity index (χ2n) is 8.35. The molecule has 4 rings (SSSR count). The third-order valence-electron chi connectivity index (χ3n) is 5.39. The van der Waals surface area contributed by atoms with E-state index in [4.69, 9.17) is 4.74 Å². The van der Waals surface area contributed by atoms with Gasteiger partial charge in [-0.25, -0.2) is 13.4 Å². The van der Waals surface area contributed by atoms with E-state index >= 15 is 0 Å². The topological polar surface area (TPSA) is 108 Å². The van der Waals surface area contributed by atoms with Gasteiger partial charge in [-0.1, -0.05) is 6.07 Å². The standard InChI is InChI=1S/C24H30N6O3S/c1-18-17-25-24(28-23(18)26-20-6-5-7-21(16-20)29-34(2,31)32)27-19-8-10-22(11-9-19)33-15-14-30-12-3-4-13-30/h5-11,16-17,29H,3-4,12-15H2,1-2H3,(H2,25,26,27,28). The van der Waals surface area contributed by atoms with Crippen LogP contribution in [0.25, 0.3) is 0 Å². The summed E-state index contributed by atoms with van der Waals surface area (Å²) in [5.74, 6) is 1.90. The number of sulfonamides is 1. The number of aromatic nitrogens is 2. The van der Waals surface area contributed by atoms with Gasteiger partial charge in [-0.05, 0) is 75.3 Å². The zero-order valence-corrected chi connectivity index (χ0v) is 20.2. The molecule has 1 fully saturated rings. The fourth-order valence-electron chi connectivity index (χ4n) is 3.70. The van der Waals surface area contributed by atoms with Crippen molar-refractivity contribution < 1.29 is 13.2 Å². The Morgan fingerprint density at radius 1 is 1.00 bits per heavy atom. The van der Waals surface area contributed by atoms with E-state index in [1.165, 1.54) is 25.9 Å². The molecule has 2 aromatic carbocycles. The first-order valence-electron chi connectivity index (χ1n) is 11.2. The maximum absolute atomic E-state index is 11.5. The number of nitrogens with one attached hydrogen (secondary N) is 3. The Hall–Kier alpha value is -3.37. The summed E-state index contributed by atoms with van der Waals surface area (Å²) >= 11 is 0. The van der Waals surface area contributed by atoms with E-state index in [0.29, 0.717) is 29.7 Å². The van der Waals surface area contributed by atoms with Crippen LogP contribution in [-0.2, 0) is 10.0 Å². The Morgan fingerprint density at radius 3 is 2.47 bits per heavy atom. The van der Waals surface area contributed by atoms with Crippen molar-refractivity contribution in [3.8, 4) is 5.75 Å². The maximum atomic E-state index is 11.5. The molecule has 0 radical (unpaired) electrons. The van der Waals surface area contributed by atoms with Crippen LogP contribution in [0.2, 0.25) is 0 Å². The van der Waals surface area contributed by atoms with Gasteiger partial charge in [0.2, 0.25) is 16.0 Å². The number of hydrogen-bond acceptors (Lipinski definition) is 8. The zero-order valence-electron chi connectivity index (χ0n) is 19.4. The molecular weight excluding hydrogens is 452 g/mol. The van der Waals surface area contributed by atoms with Gasteiger partial charge in [0.25, 0.3) is 0 Å². The van der Waals surface area contributed by atoms with Crippen LogP contribution in [-0.4, -0.2) is 55.8 Å². The largest absolute Gasteiger partial charge is 0.492 e. The van der Waals surface area contributed by atoms with Gasteiger partial charge in [-0.2, -0.15) is 4.98 Å². The molecule has 1 saturated heterocycles. The highest BCUT2D eigenvalue weighted by Gasteiger charge is 2.11. The lowest BCUT2D eigenvalue weighted by Gasteiger charge is -2.15. The Balaban J connectivity index is 1.37. The fourth-order valence-corrected chi connectivity index (χ4v) is 4.26. The third kappa shape index (κ3) is 7.06. The van der Waals surface area contributed by atoms with Crippen molar-refractivity contribution in [2.24, 2.45) is 0 Å². The van der Waals surface area contributed by atoms with E-state index in [1.807, 2.05) is 37.3 Å². The lowest BCUT2D eigenvalue weighted by atomic mass is 10.2. The molecule has 180 valence electrons. The van der Waals surface area contributed by atoms with Crippen LogP contribution in [0, 0.1) is 6.92 Å². The van der Waals surface area contributed by atoms with Crippen LogP contribution >= 0.6 is 0 Å². The molecule has 1 aliphatic heterocycles. The van der Waals surface area contributed by atoms with E-state index < -0.39 is 10.0 Å². The summed E-state index contributed by atoms with van der Waals surface area (Å²) in [5.41, 5.74) is 2.88. The van der Waals surface area contributed by atoms with Gasteiger partial charge in [-0.15, -0.1) is 0 Å². The molecule has 0 amide bonds. The highest BCUT2D eigenvalue weighted by molar-refractivity contribution is 7.92. The van der Waals surface area contributed by atoms with Gasteiger partial charge >= 0.3 is 0 Å². The summed E-state index contributed by atoms with van der Waals surface area (Å²) in [7, 11) is -3.35. The number of aryl methyl sites for hydroxylation is 1. The lowest BCUT2D eigenvalue weighted by molar-refractivity contribution is 0.238. The molecule has 34 heavy (non-hydrogen) atoms. The second-order valence-corrected chi connectivity index (χ2v) is 10.1. The van der Waals surface area contributed by atoms with Crippen LogP contribution in [0.15, 0.2) is 54.7 Å². The number of anilines is 5. The molecule has 2 heterocycles. The third-order valence-corrected chi connectivity index (χ3v) is 5.99. The number of likely N-dealkylation sites (tertiary alicyclic amines) is 1. The molecule has 0 bridgehead atoms. The smallest absolute Gasteiger partial charge is 0.229 e. The zero-order chi connectivity index (χ0) is 24.0. The number of nitrogens with zero attached hydrogens (tertiary/aromatic N) is 3. The highest BCUT2D eigenvalue weighted by Crippen LogP contribution is 2.24. The van der Waals surface area contributed by atoms with E-state index in [-0.39, 0.29) is 0 Å². The van der Waals surface area contributed by atoms with Crippen molar-refractivity contribution in [2.75, 3.05) is 47.9 Å². The summed E-state index contributed by atoms with van der Waals surface area (Å²) in [6, 6.07) is 14.7. The molecule has 1 aromatic heterocycles. The molecule has 0 unspecified atom stereocenters. The number of benzene rings is 2. The lowest BCUT2D eigenvalue weighted by Crippen LogP contribution is -2.25. The first kappa shape index (κ1) is 23.8. The monoisotopic (exact) mass is 482 g/mol. The van der Waals surface area contributed by atoms with Crippen LogP contribution < -0.4 is 20.1 Å². The minimum Gasteiger partial charge on any atom is -0.492 e. The predicted molar refractivity (Wildman–Crippen MR) is 136 cm³/mol. The van der Waals surface area contributed by atoms with Crippen molar-refractivity contribution in [2.45, 2.75) is 19.8 Å². The fraction of sp³-hybridized carbons (Fsp3) is 0.333. The first-order chi connectivity index (χ1) is 16.3. The van der Waals surface area contributed by atoms with Gasteiger partial charge < -0.3 is 15.4 Å². The molecule has 0 spiro atoms. The van der Waals surface area contributed by atoms with Crippen molar-refractivity contribution in [1.82, 2.24) is 14.9 Å². The van der Waals surface area contributed by atoms with Crippen molar-refractivity contribution >= 4 is 38.9 Å². The first-order valence-corrected chi connectivity index (χ1v) is 13.1. The number of ether oxygens (including phenoxy) is 1. The highest BCUT2D eigenvalue weighted by atomic mass is 32.2. The molecule has 10 heteroatoms. The van der Waals surface area contributed by atoms with E-state index in [1.54, 1.807) is 24.4 Å². The van der Waals surface area contributed by atoms with Crippen molar-refractivity contribution in [1.29, 1.82) is 0 Å². The normalized spacial score (nSPS) is 14.1. The Morgan fingerprint density at radius 2 is 1.74 bits per heavy atom. The maximum Gasteiger partial charge on any atom is 0.229 e. The average molecular weight is 483 g/mol. The summed E-state index contributed by atoms with van der Waals surface area (Å²) in [4.78, 5) is 11.4. The van der Waals surface area contributed by atoms with Crippen LogP contribution in [0.5, 0.6) is 5.75 Å². The van der Waals surface area contributed by atoms with Crippen LogP contribution in [0.1, 0.15) is 18.4 Å². The molecule has 3 aromatic rings. The molecule has 1 aliphatic rings. The SMILES string of the molecule is Cc1cnc(Nc2ccc(OCCN3CCCC3)cc2)nc1Nc1cccc(NS(C)(=O)=O)c1. The molecule has 9 nitrogen and oxygen atoms in total. The second kappa shape index (κ2) is 10.7. The van der Waals surface area contributed by atoms with Crippen LogP contribution in [0.3, 0.4) is 0 Å². The van der Waals surface area contributed by atoms with Gasteiger partial charge in [0.15, 0.2) is 0 Å². The Kier molecular flexibility index (Phi) is 7.49. The van der Waals surface area contributed by atoms with Crippen molar-refractivity contribution in [3.63, 3.8) is 0 Å².